The van der Waals surface area contributed by atoms with Gasteiger partial charge in [-0.25, -0.2) is 9.97 Å². The van der Waals surface area contributed by atoms with Gasteiger partial charge in [0.15, 0.2) is 11.5 Å². The summed E-state index contributed by atoms with van der Waals surface area (Å²) in [5.74, 6) is 0.505. The molecule has 11 nitrogen and oxygen atoms in total. The number of aromatic amines is 1. The van der Waals surface area contributed by atoms with Gasteiger partial charge >= 0.3 is 0 Å². The molecule has 27 heavy (non-hydrogen) atoms. The molecular formula is C16H20N10O. The summed E-state index contributed by atoms with van der Waals surface area (Å²) in [7, 11) is 0. The van der Waals surface area contributed by atoms with E-state index in [0.717, 1.165) is 19.3 Å². The van der Waals surface area contributed by atoms with E-state index in [1.807, 2.05) is 4.57 Å². The number of nitrogens with zero attached hydrogens (tertiary/aromatic N) is 6. The molecule has 0 amide bonds. The lowest BCUT2D eigenvalue weighted by Crippen LogP contribution is -2.13. The second-order valence-electron chi connectivity index (χ2n) is 6.64. The molecule has 1 aliphatic rings. The predicted octanol–water partition coefficient (Wildman–Crippen LogP) is 0.887. The average molecular weight is 368 g/mol. The van der Waals surface area contributed by atoms with Crippen LogP contribution in [0.4, 0.5) is 23.4 Å². The van der Waals surface area contributed by atoms with E-state index in [4.69, 9.17) is 17.2 Å². The third-order valence-corrected chi connectivity index (χ3v) is 4.75. The molecule has 1 aliphatic heterocycles. The molecule has 4 rings (SSSR count). The van der Waals surface area contributed by atoms with Crippen LogP contribution in [-0.2, 0) is 0 Å². The van der Waals surface area contributed by atoms with Crippen LogP contribution in [0.2, 0.25) is 0 Å². The molecule has 0 fully saturated rings. The van der Waals surface area contributed by atoms with Crippen molar-refractivity contribution in [1.82, 2.24) is 29.5 Å². The maximum Gasteiger partial charge on any atom is 0.278 e. The Morgan fingerprint density at radius 1 is 1.26 bits per heavy atom. The average Bonchev–Trinajstić information content (AvgIpc) is 3.19. The maximum absolute atomic E-state index is 11.9. The molecule has 3 aromatic heterocycles. The summed E-state index contributed by atoms with van der Waals surface area (Å²) in [4.78, 5) is 35.2. The van der Waals surface area contributed by atoms with Crippen molar-refractivity contribution in [2.75, 3.05) is 17.2 Å². The summed E-state index contributed by atoms with van der Waals surface area (Å²) >= 11 is 0. The second-order valence-corrected chi connectivity index (χ2v) is 6.64. The first kappa shape index (κ1) is 16.9. The highest BCUT2D eigenvalue weighted by Crippen LogP contribution is 2.32. The lowest BCUT2D eigenvalue weighted by molar-refractivity contribution is 0.482. The molecule has 7 N–H and O–H groups in total. The van der Waals surface area contributed by atoms with Crippen molar-refractivity contribution in [3.8, 4) is 0 Å². The lowest BCUT2D eigenvalue weighted by Gasteiger charge is -2.15. The first-order valence-electron chi connectivity index (χ1n) is 8.63. The largest absolute Gasteiger partial charge is 0.382 e. The van der Waals surface area contributed by atoms with E-state index in [1.54, 1.807) is 12.5 Å². The molecule has 2 unspecified atom stereocenters. The van der Waals surface area contributed by atoms with Gasteiger partial charge in [-0.1, -0.05) is 6.42 Å². The third kappa shape index (κ3) is 2.96. The van der Waals surface area contributed by atoms with Gasteiger partial charge in [0.2, 0.25) is 11.9 Å². The van der Waals surface area contributed by atoms with E-state index in [1.165, 1.54) is 0 Å². The van der Waals surface area contributed by atoms with Crippen molar-refractivity contribution in [1.29, 1.82) is 0 Å². The highest BCUT2D eigenvalue weighted by atomic mass is 16.1. The van der Waals surface area contributed by atoms with Crippen molar-refractivity contribution in [2.24, 2.45) is 4.99 Å². The maximum atomic E-state index is 11.9. The van der Waals surface area contributed by atoms with Crippen LogP contribution in [0.15, 0.2) is 16.1 Å². The number of hydrogen-bond acceptors (Lipinski definition) is 9. The van der Waals surface area contributed by atoms with Gasteiger partial charge in [0.25, 0.3) is 5.56 Å². The fourth-order valence-corrected chi connectivity index (χ4v) is 3.38. The zero-order valence-electron chi connectivity index (χ0n) is 14.8. The normalized spacial score (nSPS) is 16.7. The van der Waals surface area contributed by atoms with E-state index in [-0.39, 0.29) is 35.2 Å². The molecule has 3 aromatic rings. The molecule has 0 saturated heterocycles. The number of aromatic nitrogens is 6. The Morgan fingerprint density at radius 2 is 2.07 bits per heavy atom. The molecule has 140 valence electrons. The van der Waals surface area contributed by atoms with Gasteiger partial charge in [0.05, 0.1) is 12.0 Å². The van der Waals surface area contributed by atoms with E-state index in [2.05, 4.69) is 36.8 Å². The van der Waals surface area contributed by atoms with E-state index in [9.17, 15) is 4.79 Å². The summed E-state index contributed by atoms with van der Waals surface area (Å²) in [5.41, 5.74) is 19.1. The number of H-pyrrole nitrogens is 1. The van der Waals surface area contributed by atoms with E-state index >= 15 is 0 Å². The number of hydrogen-bond donors (Lipinski definition) is 4. The van der Waals surface area contributed by atoms with E-state index in [0.29, 0.717) is 22.5 Å². The molecule has 0 radical (unpaired) electrons. The van der Waals surface area contributed by atoms with Gasteiger partial charge in [0, 0.05) is 18.2 Å². The topological polar surface area (TPSA) is 180 Å². The molecule has 11 heteroatoms. The van der Waals surface area contributed by atoms with Crippen molar-refractivity contribution >= 4 is 40.8 Å². The van der Waals surface area contributed by atoms with E-state index < -0.39 is 0 Å². The number of nitrogens with two attached hydrogens (primary N) is 3. The molecule has 4 heterocycles. The monoisotopic (exact) mass is 368 g/mol. The van der Waals surface area contributed by atoms with Gasteiger partial charge in [-0.05, 0) is 19.8 Å². The second kappa shape index (κ2) is 6.34. The van der Waals surface area contributed by atoms with Gasteiger partial charge in [-0.15, -0.1) is 0 Å². The standard InChI is InChI=1S/C16H20N10O/c1-7(26-6-21-11-12(17)23-16(19)24-13(11)26)3-2-4-8-5-20-10-9(8)22-15(18)25-14(10)27/h5-8H,2-4H2,1H3,(H4,17,19,23,24)(H3,18,22,25,27). The summed E-state index contributed by atoms with van der Waals surface area (Å²) in [6.45, 7) is 2.08. The molecule has 0 saturated carbocycles. The Bertz CT molecular complexity index is 1100. The fourth-order valence-electron chi connectivity index (χ4n) is 3.38. The highest BCUT2D eigenvalue weighted by Gasteiger charge is 2.24. The van der Waals surface area contributed by atoms with Crippen molar-refractivity contribution in [3.05, 3.63) is 22.4 Å². The number of anilines is 3. The van der Waals surface area contributed by atoms with Crippen LogP contribution in [0.5, 0.6) is 0 Å². The summed E-state index contributed by atoms with van der Waals surface area (Å²) in [6.07, 6.45) is 6.03. The third-order valence-electron chi connectivity index (χ3n) is 4.75. The first-order valence-corrected chi connectivity index (χ1v) is 8.63. The van der Waals surface area contributed by atoms with Crippen LogP contribution in [-0.4, -0.2) is 35.7 Å². The van der Waals surface area contributed by atoms with Gasteiger partial charge in [-0.3, -0.25) is 14.8 Å². The smallest absolute Gasteiger partial charge is 0.278 e. The minimum Gasteiger partial charge on any atom is -0.382 e. The van der Waals surface area contributed by atoms with Crippen molar-refractivity contribution in [3.63, 3.8) is 0 Å². The van der Waals surface area contributed by atoms with Gasteiger partial charge in [0.1, 0.15) is 11.2 Å². The number of fused-ring (bicyclic) bond motifs is 2. The van der Waals surface area contributed by atoms with Crippen LogP contribution in [0.3, 0.4) is 0 Å². The van der Waals surface area contributed by atoms with Crippen molar-refractivity contribution < 1.29 is 0 Å². The number of nitrogens with one attached hydrogen (secondary N) is 1. The van der Waals surface area contributed by atoms with Gasteiger partial charge < -0.3 is 21.8 Å². The predicted molar refractivity (Wildman–Crippen MR) is 103 cm³/mol. The Hall–Kier alpha value is -3.50. The Morgan fingerprint density at radius 3 is 2.89 bits per heavy atom. The molecule has 0 spiro atoms. The van der Waals surface area contributed by atoms with Crippen LogP contribution in [0.1, 0.15) is 43.8 Å². The summed E-state index contributed by atoms with van der Waals surface area (Å²) < 4.78 is 1.95. The van der Waals surface area contributed by atoms with Crippen molar-refractivity contribution in [2.45, 2.75) is 38.1 Å². The zero-order chi connectivity index (χ0) is 19.1. The zero-order valence-corrected chi connectivity index (χ0v) is 14.8. The number of nitrogen functional groups attached to an aromatic ring is 3. The summed E-state index contributed by atoms with van der Waals surface area (Å²) in [5, 5.41) is 0. The first-order chi connectivity index (χ1) is 12.9. The van der Waals surface area contributed by atoms with Crippen LogP contribution >= 0.6 is 0 Å². The number of rotatable bonds is 5. The quantitative estimate of drug-likeness (QED) is 0.512. The van der Waals surface area contributed by atoms with Crippen LogP contribution < -0.4 is 22.8 Å². The SMILES string of the molecule is CC(CCCC1C=Nc2c1nc(N)[nH]c2=O)n1cnc2c(N)nc(N)nc21. The van der Waals surface area contributed by atoms with Crippen LogP contribution in [0, 0.1) is 0 Å². The Kier molecular flexibility index (Phi) is 3.98. The fraction of sp³-hybridized carbons (Fsp3) is 0.375. The molecule has 0 bridgehead atoms. The Labute approximate surface area is 153 Å². The number of aliphatic imine (C=N–C) groups is 1. The highest BCUT2D eigenvalue weighted by molar-refractivity contribution is 5.82. The minimum absolute atomic E-state index is 0.00931. The Balaban J connectivity index is 1.46. The lowest BCUT2D eigenvalue weighted by atomic mass is 9.98. The molecule has 0 aliphatic carbocycles. The molecule has 2 atom stereocenters. The minimum atomic E-state index is -0.302. The molecular weight excluding hydrogens is 348 g/mol. The molecule has 0 aromatic carbocycles. The van der Waals surface area contributed by atoms with Gasteiger partial charge in [-0.2, -0.15) is 9.97 Å². The van der Waals surface area contributed by atoms with Crippen LogP contribution in [0.25, 0.3) is 11.2 Å². The number of imidazole rings is 1. The summed E-state index contributed by atoms with van der Waals surface area (Å²) in [6, 6.07) is 0.138.